The van der Waals surface area contributed by atoms with Crippen LogP contribution in [0.1, 0.15) is 61.3 Å². The van der Waals surface area contributed by atoms with Crippen LogP contribution in [0.25, 0.3) is 0 Å². The van der Waals surface area contributed by atoms with Crippen molar-refractivity contribution >= 4 is 0 Å². The van der Waals surface area contributed by atoms with Crippen LogP contribution in [-0.2, 0) is 4.74 Å². The number of hydrogen-bond donors (Lipinski definition) is 0. The Balaban J connectivity index is 0.000000771. The summed E-state index contributed by atoms with van der Waals surface area (Å²) in [6.07, 6.45) is 2.66. The summed E-state index contributed by atoms with van der Waals surface area (Å²) in [6.45, 7) is 19.0. The molecule has 0 aliphatic carbocycles. The molecule has 0 aromatic heterocycles. The number of rotatable bonds is 1. The van der Waals surface area contributed by atoms with Crippen molar-refractivity contribution in [1.82, 2.24) is 4.90 Å². The fraction of sp³-hybridized carbons (Fsp3) is 1.00. The molecule has 2 rings (SSSR count). The third-order valence-electron chi connectivity index (χ3n) is 4.20. The number of ether oxygens (including phenoxy) is 1. The third kappa shape index (κ3) is 3.27. The minimum absolute atomic E-state index is 0.362. The molecular formula is C16H33NO. The summed E-state index contributed by atoms with van der Waals surface area (Å²) in [6, 6.07) is 0.633. The van der Waals surface area contributed by atoms with E-state index in [1.807, 2.05) is 13.8 Å². The second-order valence-corrected chi connectivity index (χ2v) is 7.12. The second-order valence-electron chi connectivity index (χ2n) is 7.12. The zero-order chi connectivity index (χ0) is 14.0. The Hall–Kier alpha value is -0.0800. The van der Waals surface area contributed by atoms with Crippen LogP contribution in [0.4, 0.5) is 0 Å². The van der Waals surface area contributed by atoms with Crippen LogP contribution in [0.3, 0.4) is 0 Å². The van der Waals surface area contributed by atoms with Crippen LogP contribution in [0.5, 0.6) is 0 Å². The second kappa shape index (κ2) is 5.92. The number of nitrogens with zero attached hydrogens (tertiary/aromatic N) is 1. The fourth-order valence-corrected chi connectivity index (χ4v) is 3.83. The summed E-state index contributed by atoms with van der Waals surface area (Å²) in [5.41, 5.74) is 0.810. The van der Waals surface area contributed by atoms with Gasteiger partial charge in [-0.25, -0.2) is 0 Å². The Bertz CT molecular complexity index is 256. The van der Waals surface area contributed by atoms with Crippen molar-refractivity contribution < 1.29 is 4.74 Å². The highest BCUT2D eigenvalue weighted by atomic mass is 16.5. The van der Waals surface area contributed by atoms with Crippen LogP contribution in [-0.4, -0.2) is 36.2 Å². The topological polar surface area (TPSA) is 12.5 Å². The standard InChI is InChI=1S/C14H27NO.C2H6/c1-11(2)15-8-13(4,5)6-12(3)7-14(15)9-16-10-14;1-2/h11-12H,6-10H2,1-5H3;1-2H3. The van der Waals surface area contributed by atoms with Gasteiger partial charge in [-0.3, -0.25) is 4.90 Å². The van der Waals surface area contributed by atoms with Gasteiger partial charge in [0.1, 0.15) is 0 Å². The van der Waals surface area contributed by atoms with E-state index in [-0.39, 0.29) is 0 Å². The normalized spacial score (nSPS) is 30.3. The zero-order valence-electron chi connectivity index (χ0n) is 13.5. The molecule has 1 spiro atoms. The smallest absolute Gasteiger partial charge is 0.0683 e. The van der Waals surface area contributed by atoms with Crippen LogP contribution in [0.2, 0.25) is 0 Å². The predicted molar refractivity (Wildman–Crippen MR) is 78.9 cm³/mol. The summed E-state index contributed by atoms with van der Waals surface area (Å²) in [5.74, 6) is 0.822. The molecule has 2 aliphatic heterocycles. The van der Waals surface area contributed by atoms with Crippen molar-refractivity contribution in [2.24, 2.45) is 11.3 Å². The largest absolute Gasteiger partial charge is 0.377 e. The first kappa shape index (κ1) is 16.0. The predicted octanol–water partition coefficient (Wildman–Crippen LogP) is 3.95. The van der Waals surface area contributed by atoms with E-state index in [1.165, 1.54) is 19.4 Å². The molecule has 0 aromatic carbocycles. The fourth-order valence-electron chi connectivity index (χ4n) is 3.83. The molecule has 2 fully saturated rings. The summed E-state index contributed by atoms with van der Waals surface area (Å²) >= 11 is 0. The maximum absolute atomic E-state index is 5.53. The monoisotopic (exact) mass is 255 g/mol. The molecule has 0 N–H and O–H groups in total. The van der Waals surface area contributed by atoms with Crippen LogP contribution >= 0.6 is 0 Å². The van der Waals surface area contributed by atoms with Gasteiger partial charge in [-0.05, 0) is 38.0 Å². The first-order valence-electron chi connectivity index (χ1n) is 7.69. The lowest BCUT2D eigenvalue weighted by Gasteiger charge is -2.52. The molecule has 18 heavy (non-hydrogen) atoms. The number of hydrogen-bond acceptors (Lipinski definition) is 2. The lowest BCUT2D eigenvalue weighted by atomic mass is 9.81. The van der Waals surface area contributed by atoms with E-state index < -0.39 is 0 Å². The van der Waals surface area contributed by atoms with Gasteiger partial charge >= 0.3 is 0 Å². The Morgan fingerprint density at radius 2 is 1.67 bits per heavy atom. The van der Waals surface area contributed by atoms with Gasteiger partial charge < -0.3 is 4.74 Å². The van der Waals surface area contributed by atoms with Gasteiger partial charge in [-0.2, -0.15) is 0 Å². The molecule has 0 saturated carbocycles. The van der Waals surface area contributed by atoms with E-state index in [4.69, 9.17) is 4.74 Å². The van der Waals surface area contributed by atoms with Gasteiger partial charge in [0.25, 0.3) is 0 Å². The van der Waals surface area contributed by atoms with Crippen molar-refractivity contribution in [3.8, 4) is 0 Å². The lowest BCUT2D eigenvalue weighted by Crippen LogP contribution is -2.64. The minimum Gasteiger partial charge on any atom is -0.377 e. The first-order valence-corrected chi connectivity index (χ1v) is 7.69. The van der Waals surface area contributed by atoms with E-state index in [1.54, 1.807) is 0 Å². The van der Waals surface area contributed by atoms with Crippen LogP contribution in [0, 0.1) is 11.3 Å². The molecule has 2 aliphatic rings. The Labute approximate surface area is 114 Å². The van der Waals surface area contributed by atoms with Gasteiger partial charge in [0, 0.05) is 12.6 Å². The van der Waals surface area contributed by atoms with Gasteiger partial charge in [-0.1, -0.05) is 34.6 Å². The van der Waals surface area contributed by atoms with Crippen LogP contribution < -0.4 is 0 Å². The lowest BCUT2D eigenvalue weighted by molar-refractivity contribution is -0.157. The molecular weight excluding hydrogens is 222 g/mol. The van der Waals surface area contributed by atoms with Crippen molar-refractivity contribution in [3.05, 3.63) is 0 Å². The quantitative estimate of drug-likeness (QED) is 0.703. The van der Waals surface area contributed by atoms with Gasteiger partial charge in [-0.15, -0.1) is 0 Å². The van der Waals surface area contributed by atoms with Crippen molar-refractivity contribution in [2.45, 2.75) is 72.9 Å². The third-order valence-corrected chi connectivity index (χ3v) is 4.20. The van der Waals surface area contributed by atoms with E-state index in [9.17, 15) is 0 Å². The molecule has 1 atom stereocenters. The Morgan fingerprint density at radius 3 is 2.06 bits per heavy atom. The van der Waals surface area contributed by atoms with E-state index in [0.29, 0.717) is 17.0 Å². The zero-order valence-corrected chi connectivity index (χ0v) is 13.5. The SMILES string of the molecule is CC.CC1CC(C)(C)CN(C(C)C)C2(COC2)C1. The molecule has 2 heteroatoms. The van der Waals surface area contributed by atoms with Gasteiger partial charge in [0.05, 0.1) is 18.8 Å². The van der Waals surface area contributed by atoms with Crippen molar-refractivity contribution in [1.29, 1.82) is 0 Å². The first-order chi connectivity index (χ1) is 8.35. The molecule has 2 nitrogen and oxygen atoms in total. The molecule has 0 aromatic rings. The van der Waals surface area contributed by atoms with Crippen molar-refractivity contribution in [3.63, 3.8) is 0 Å². The maximum atomic E-state index is 5.53. The summed E-state index contributed by atoms with van der Waals surface area (Å²) < 4.78 is 5.53. The molecule has 2 heterocycles. The molecule has 108 valence electrons. The summed E-state index contributed by atoms with van der Waals surface area (Å²) in [5, 5.41) is 0. The van der Waals surface area contributed by atoms with Gasteiger partial charge in [0.2, 0.25) is 0 Å². The van der Waals surface area contributed by atoms with E-state index in [0.717, 1.165) is 19.1 Å². The Kier molecular flexibility index (Phi) is 5.25. The highest BCUT2D eigenvalue weighted by molar-refractivity contribution is 5.02. The summed E-state index contributed by atoms with van der Waals surface area (Å²) in [7, 11) is 0. The van der Waals surface area contributed by atoms with Gasteiger partial charge in [0.15, 0.2) is 0 Å². The molecule has 0 bridgehead atoms. The maximum Gasteiger partial charge on any atom is 0.0683 e. The average molecular weight is 255 g/mol. The molecule has 1 unspecified atom stereocenters. The highest BCUT2D eigenvalue weighted by Crippen LogP contribution is 2.43. The van der Waals surface area contributed by atoms with E-state index >= 15 is 0 Å². The van der Waals surface area contributed by atoms with Crippen LogP contribution in [0.15, 0.2) is 0 Å². The number of likely N-dealkylation sites (tertiary alicyclic amines) is 1. The molecule has 2 saturated heterocycles. The summed E-state index contributed by atoms with van der Waals surface area (Å²) in [4.78, 5) is 2.71. The minimum atomic E-state index is 0.362. The van der Waals surface area contributed by atoms with Crippen molar-refractivity contribution in [2.75, 3.05) is 19.8 Å². The Morgan fingerprint density at radius 1 is 1.11 bits per heavy atom. The molecule has 0 radical (unpaired) electrons. The highest BCUT2D eigenvalue weighted by Gasteiger charge is 2.49. The molecule has 0 amide bonds. The van der Waals surface area contributed by atoms with E-state index in [2.05, 4.69) is 39.5 Å². The average Bonchev–Trinajstić information content (AvgIpc) is 2.33.